The van der Waals surface area contributed by atoms with Crippen LogP contribution in [-0.2, 0) is 4.79 Å². The summed E-state index contributed by atoms with van der Waals surface area (Å²) in [4.78, 5) is 12.2. The van der Waals surface area contributed by atoms with Crippen LogP contribution >= 0.6 is 0 Å². The van der Waals surface area contributed by atoms with Gasteiger partial charge in [0, 0.05) is 0 Å². The van der Waals surface area contributed by atoms with Crippen molar-refractivity contribution in [3.05, 3.63) is 53.1 Å². The van der Waals surface area contributed by atoms with Crippen LogP contribution in [0.2, 0.25) is 0 Å². The number of hydrogen-bond donors (Lipinski definition) is 1. The van der Waals surface area contributed by atoms with Crippen LogP contribution < -0.4 is 14.8 Å². The average Bonchev–Trinajstić information content (AvgIpc) is 2.51. The van der Waals surface area contributed by atoms with Crippen LogP contribution in [0.15, 0.2) is 36.4 Å². The van der Waals surface area contributed by atoms with Crippen molar-refractivity contribution < 1.29 is 14.3 Å². The van der Waals surface area contributed by atoms with Gasteiger partial charge < -0.3 is 14.8 Å². The summed E-state index contributed by atoms with van der Waals surface area (Å²) in [5.74, 6) is 1.18. The summed E-state index contributed by atoms with van der Waals surface area (Å²) in [7, 11) is 0. The van der Waals surface area contributed by atoms with E-state index < -0.39 is 0 Å². The van der Waals surface area contributed by atoms with Gasteiger partial charge in [0.1, 0.15) is 11.5 Å². The summed E-state index contributed by atoms with van der Waals surface area (Å²) in [6.45, 7) is 9.92. The van der Waals surface area contributed by atoms with Gasteiger partial charge >= 0.3 is 0 Å². The highest BCUT2D eigenvalue weighted by molar-refractivity contribution is 5.93. The first kappa shape index (κ1) is 17.9. The van der Waals surface area contributed by atoms with Gasteiger partial charge in [-0.1, -0.05) is 18.2 Å². The zero-order valence-corrected chi connectivity index (χ0v) is 15.0. The summed E-state index contributed by atoms with van der Waals surface area (Å²) in [5.41, 5.74) is 4.03. The maximum absolute atomic E-state index is 12.2. The quantitative estimate of drug-likeness (QED) is 0.854. The number of nitrogens with one attached hydrogen (secondary N) is 1. The fourth-order valence-electron chi connectivity index (χ4n) is 2.35. The first-order valence-electron chi connectivity index (χ1n) is 8.13. The van der Waals surface area contributed by atoms with E-state index in [1.165, 1.54) is 5.56 Å². The lowest BCUT2D eigenvalue weighted by atomic mass is 10.1. The lowest BCUT2D eigenvalue weighted by Gasteiger charge is -2.15. The molecule has 0 aromatic heterocycles. The molecule has 1 amide bonds. The van der Waals surface area contributed by atoms with Gasteiger partial charge in [-0.3, -0.25) is 4.79 Å². The normalized spacial score (nSPS) is 10.6. The molecule has 0 aliphatic carbocycles. The fourth-order valence-corrected chi connectivity index (χ4v) is 2.35. The smallest absolute Gasteiger partial charge is 0.262 e. The zero-order chi connectivity index (χ0) is 17.7. The molecule has 2 aromatic carbocycles. The van der Waals surface area contributed by atoms with Crippen molar-refractivity contribution in [2.45, 2.75) is 40.7 Å². The number of ether oxygens (including phenoxy) is 2. The Bertz CT molecular complexity index is 723. The predicted molar refractivity (Wildman–Crippen MR) is 97.0 cm³/mol. The molecular weight excluding hydrogens is 302 g/mol. The number of benzene rings is 2. The number of rotatable bonds is 6. The van der Waals surface area contributed by atoms with Crippen molar-refractivity contribution in [2.75, 3.05) is 11.9 Å². The fraction of sp³-hybridized carbons (Fsp3) is 0.350. The van der Waals surface area contributed by atoms with Crippen LogP contribution in [0, 0.1) is 20.8 Å². The van der Waals surface area contributed by atoms with Crippen molar-refractivity contribution in [3.63, 3.8) is 0 Å². The van der Waals surface area contributed by atoms with Crippen LogP contribution in [0.25, 0.3) is 0 Å². The minimum atomic E-state index is -0.215. The summed E-state index contributed by atoms with van der Waals surface area (Å²) in [6, 6.07) is 11.4. The molecule has 0 saturated heterocycles. The summed E-state index contributed by atoms with van der Waals surface area (Å²) in [5, 5.41) is 2.84. The molecule has 2 aromatic rings. The van der Waals surface area contributed by atoms with Crippen molar-refractivity contribution in [1.29, 1.82) is 0 Å². The summed E-state index contributed by atoms with van der Waals surface area (Å²) in [6.07, 6.45) is 0.0393. The van der Waals surface area contributed by atoms with Gasteiger partial charge in [0.05, 0.1) is 11.8 Å². The zero-order valence-electron chi connectivity index (χ0n) is 15.0. The molecule has 128 valence electrons. The van der Waals surface area contributed by atoms with Crippen LogP contribution in [-0.4, -0.2) is 18.6 Å². The van der Waals surface area contributed by atoms with E-state index in [1.807, 2.05) is 58.0 Å². The van der Waals surface area contributed by atoms with Crippen molar-refractivity contribution >= 4 is 11.6 Å². The SMILES string of the molecule is Cc1cc(C)c(OCC(=O)Nc2ccccc2OC(C)C)cc1C. The largest absolute Gasteiger partial charge is 0.489 e. The molecule has 0 heterocycles. The number of amides is 1. The monoisotopic (exact) mass is 327 g/mol. The van der Waals surface area contributed by atoms with Gasteiger partial charge in [-0.05, 0) is 69.5 Å². The maximum atomic E-state index is 12.2. The molecule has 4 heteroatoms. The lowest BCUT2D eigenvalue weighted by molar-refractivity contribution is -0.118. The lowest BCUT2D eigenvalue weighted by Crippen LogP contribution is -2.21. The molecule has 0 saturated carbocycles. The number of carbonyl (C=O) groups excluding carboxylic acids is 1. The molecule has 0 spiro atoms. The Morgan fingerprint density at radius 3 is 2.38 bits per heavy atom. The van der Waals surface area contributed by atoms with Gasteiger partial charge in [-0.25, -0.2) is 0 Å². The van der Waals surface area contributed by atoms with E-state index in [9.17, 15) is 4.79 Å². The molecule has 0 aliphatic rings. The Kier molecular flexibility index (Phi) is 5.85. The van der Waals surface area contributed by atoms with Gasteiger partial charge in [0.15, 0.2) is 6.61 Å². The third-order valence-corrected chi connectivity index (χ3v) is 3.67. The second-order valence-electron chi connectivity index (χ2n) is 6.20. The van der Waals surface area contributed by atoms with E-state index in [-0.39, 0.29) is 18.6 Å². The summed E-state index contributed by atoms with van der Waals surface area (Å²) < 4.78 is 11.4. The minimum absolute atomic E-state index is 0.0393. The second-order valence-corrected chi connectivity index (χ2v) is 6.20. The Balaban J connectivity index is 2.01. The van der Waals surface area contributed by atoms with Crippen molar-refractivity contribution in [3.8, 4) is 11.5 Å². The van der Waals surface area contributed by atoms with Gasteiger partial charge in [-0.2, -0.15) is 0 Å². The highest BCUT2D eigenvalue weighted by atomic mass is 16.5. The number of hydrogen-bond acceptors (Lipinski definition) is 3. The predicted octanol–water partition coefficient (Wildman–Crippen LogP) is 4.42. The average molecular weight is 327 g/mol. The molecule has 24 heavy (non-hydrogen) atoms. The number of anilines is 1. The number of aryl methyl sites for hydroxylation is 3. The molecule has 2 rings (SSSR count). The van der Waals surface area contributed by atoms with E-state index in [0.717, 1.165) is 16.9 Å². The van der Waals surface area contributed by atoms with Gasteiger partial charge in [0.2, 0.25) is 0 Å². The standard InChI is InChI=1S/C20H25NO3/c1-13(2)24-18-9-7-6-8-17(18)21-20(22)12-23-19-11-15(4)14(3)10-16(19)5/h6-11,13H,12H2,1-5H3,(H,21,22). The Morgan fingerprint density at radius 1 is 1.00 bits per heavy atom. The maximum Gasteiger partial charge on any atom is 0.262 e. The molecule has 0 bridgehead atoms. The van der Waals surface area contributed by atoms with Crippen molar-refractivity contribution in [2.24, 2.45) is 0 Å². The molecule has 0 atom stereocenters. The minimum Gasteiger partial charge on any atom is -0.489 e. The highest BCUT2D eigenvalue weighted by Crippen LogP contribution is 2.25. The number of carbonyl (C=O) groups is 1. The van der Waals surface area contributed by atoms with Crippen molar-refractivity contribution in [1.82, 2.24) is 0 Å². The first-order valence-corrected chi connectivity index (χ1v) is 8.13. The molecule has 0 aliphatic heterocycles. The highest BCUT2D eigenvalue weighted by Gasteiger charge is 2.10. The molecule has 0 radical (unpaired) electrons. The molecule has 0 fully saturated rings. The van der Waals surface area contributed by atoms with Crippen LogP contribution in [0.3, 0.4) is 0 Å². The summed E-state index contributed by atoms with van der Waals surface area (Å²) >= 11 is 0. The van der Waals surface area contributed by atoms with E-state index in [0.29, 0.717) is 11.4 Å². The van der Waals surface area contributed by atoms with E-state index in [1.54, 1.807) is 0 Å². The van der Waals surface area contributed by atoms with Crippen LogP contribution in [0.4, 0.5) is 5.69 Å². The molecule has 0 unspecified atom stereocenters. The van der Waals surface area contributed by atoms with Gasteiger partial charge in [-0.15, -0.1) is 0 Å². The van der Waals surface area contributed by atoms with E-state index >= 15 is 0 Å². The third kappa shape index (κ3) is 4.75. The Hall–Kier alpha value is -2.49. The molecule has 1 N–H and O–H groups in total. The van der Waals surface area contributed by atoms with Crippen LogP contribution in [0.1, 0.15) is 30.5 Å². The van der Waals surface area contributed by atoms with E-state index in [2.05, 4.69) is 18.3 Å². The third-order valence-electron chi connectivity index (χ3n) is 3.67. The van der Waals surface area contributed by atoms with E-state index in [4.69, 9.17) is 9.47 Å². The van der Waals surface area contributed by atoms with Gasteiger partial charge in [0.25, 0.3) is 5.91 Å². The first-order chi connectivity index (χ1) is 11.4. The topological polar surface area (TPSA) is 47.6 Å². The molecule has 4 nitrogen and oxygen atoms in total. The Labute approximate surface area is 143 Å². The van der Waals surface area contributed by atoms with Crippen LogP contribution in [0.5, 0.6) is 11.5 Å². The Morgan fingerprint density at radius 2 is 1.67 bits per heavy atom. The molecular formula is C20H25NO3. The second kappa shape index (κ2) is 7.86. The number of para-hydroxylation sites is 2.